The molecule has 0 unspecified atom stereocenters. The quantitative estimate of drug-likeness (QED) is 0.818. The van der Waals surface area contributed by atoms with E-state index >= 15 is 0 Å². The zero-order chi connectivity index (χ0) is 17.2. The molecule has 23 heavy (non-hydrogen) atoms. The lowest BCUT2D eigenvalue weighted by molar-refractivity contribution is -0.129. The number of aryl methyl sites for hydroxylation is 2. The van der Waals surface area contributed by atoms with Crippen LogP contribution in [0.1, 0.15) is 30.9 Å². The first kappa shape index (κ1) is 17.7. The number of methoxy groups -OCH3 is 1. The summed E-state index contributed by atoms with van der Waals surface area (Å²) in [4.78, 5) is 13.5. The van der Waals surface area contributed by atoms with Crippen molar-refractivity contribution in [3.05, 3.63) is 23.3 Å². The fraction of sp³-hybridized carbons (Fsp3) is 0.562. The van der Waals surface area contributed by atoms with Crippen LogP contribution in [0.3, 0.4) is 0 Å². The Kier molecular flexibility index (Phi) is 5.31. The van der Waals surface area contributed by atoms with Crippen molar-refractivity contribution >= 4 is 15.9 Å². The largest absolute Gasteiger partial charge is 0.496 e. The first-order valence-electron chi connectivity index (χ1n) is 7.68. The predicted molar refractivity (Wildman–Crippen MR) is 88.1 cm³/mol. The lowest BCUT2D eigenvalue weighted by Crippen LogP contribution is -2.38. The van der Waals surface area contributed by atoms with Gasteiger partial charge < -0.3 is 9.64 Å². The van der Waals surface area contributed by atoms with Gasteiger partial charge in [0, 0.05) is 26.1 Å². The summed E-state index contributed by atoms with van der Waals surface area (Å²) in [5, 5.41) is 0. The Hall–Kier alpha value is -1.60. The number of rotatable bonds is 7. The lowest BCUT2D eigenvalue weighted by Gasteiger charge is -2.21. The molecule has 1 aliphatic rings. The Balaban J connectivity index is 2.07. The van der Waals surface area contributed by atoms with Gasteiger partial charge in [-0.05, 0) is 49.9 Å². The van der Waals surface area contributed by atoms with E-state index in [1.807, 2.05) is 6.92 Å². The number of amides is 1. The molecule has 128 valence electrons. The Morgan fingerprint density at radius 1 is 1.30 bits per heavy atom. The molecule has 1 fully saturated rings. The van der Waals surface area contributed by atoms with E-state index < -0.39 is 10.0 Å². The van der Waals surface area contributed by atoms with Crippen LogP contribution in [0.15, 0.2) is 17.0 Å². The maximum absolute atomic E-state index is 12.5. The molecule has 0 spiro atoms. The zero-order valence-electron chi connectivity index (χ0n) is 14.0. The maximum atomic E-state index is 12.5. The summed E-state index contributed by atoms with van der Waals surface area (Å²) in [5.41, 5.74) is 1.40. The van der Waals surface area contributed by atoms with Gasteiger partial charge in [-0.3, -0.25) is 4.79 Å². The van der Waals surface area contributed by atoms with Crippen LogP contribution in [-0.4, -0.2) is 45.5 Å². The maximum Gasteiger partial charge on any atom is 0.240 e. The van der Waals surface area contributed by atoms with Gasteiger partial charge in [0.25, 0.3) is 0 Å². The number of sulfonamides is 1. The van der Waals surface area contributed by atoms with Gasteiger partial charge in [0.1, 0.15) is 5.75 Å². The summed E-state index contributed by atoms with van der Waals surface area (Å²) in [6.07, 6.45) is 2.01. The van der Waals surface area contributed by atoms with Gasteiger partial charge in [-0.15, -0.1) is 0 Å². The van der Waals surface area contributed by atoms with Gasteiger partial charge in [-0.2, -0.15) is 0 Å². The van der Waals surface area contributed by atoms with Gasteiger partial charge in [-0.1, -0.05) is 0 Å². The molecule has 0 atom stereocenters. The summed E-state index contributed by atoms with van der Waals surface area (Å²) in [6.45, 7) is 5.67. The molecule has 1 aromatic rings. The number of carbonyl (C=O) groups excluding carboxylic acids is 1. The van der Waals surface area contributed by atoms with Crippen LogP contribution in [0.5, 0.6) is 5.75 Å². The first-order chi connectivity index (χ1) is 10.8. The molecule has 1 saturated carbocycles. The SMILES string of the molecule is COc1cc(C)c(S(=O)(=O)NCCN(C(C)=O)C2CC2)cc1C. The molecule has 1 amide bonds. The van der Waals surface area contributed by atoms with Gasteiger partial charge in [0.05, 0.1) is 12.0 Å². The molecule has 2 rings (SSSR count). The number of ether oxygens (including phenoxy) is 1. The van der Waals surface area contributed by atoms with Crippen LogP contribution >= 0.6 is 0 Å². The van der Waals surface area contributed by atoms with Crippen LogP contribution in [0.25, 0.3) is 0 Å². The number of benzene rings is 1. The Morgan fingerprint density at radius 3 is 2.48 bits per heavy atom. The van der Waals surface area contributed by atoms with Crippen molar-refractivity contribution < 1.29 is 17.9 Å². The molecule has 7 heteroatoms. The minimum absolute atomic E-state index is 0.0110. The van der Waals surface area contributed by atoms with E-state index in [2.05, 4.69) is 4.72 Å². The summed E-state index contributed by atoms with van der Waals surface area (Å²) >= 11 is 0. The van der Waals surface area contributed by atoms with E-state index in [9.17, 15) is 13.2 Å². The summed E-state index contributed by atoms with van der Waals surface area (Å²) in [7, 11) is -2.05. The van der Waals surface area contributed by atoms with Crippen LogP contribution in [-0.2, 0) is 14.8 Å². The highest BCUT2D eigenvalue weighted by molar-refractivity contribution is 7.89. The molecule has 0 heterocycles. The Bertz CT molecular complexity index is 696. The van der Waals surface area contributed by atoms with Crippen molar-refractivity contribution in [1.82, 2.24) is 9.62 Å². The summed E-state index contributed by atoms with van der Waals surface area (Å²) in [5.74, 6) is 0.654. The monoisotopic (exact) mass is 340 g/mol. The smallest absolute Gasteiger partial charge is 0.240 e. The molecule has 0 bridgehead atoms. The normalized spacial score (nSPS) is 14.6. The topological polar surface area (TPSA) is 75.7 Å². The first-order valence-corrected chi connectivity index (χ1v) is 9.16. The molecular formula is C16H24N2O4S. The van der Waals surface area contributed by atoms with E-state index in [1.54, 1.807) is 31.1 Å². The van der Waals surface area contributed by atoms with E-state index in [-0.39, 0.29) is 23.4 Å². The number of nitrogens with one attached hydrogen (secondary N) is 1. The highest BCUT2D eigenvalue weighted by Gasteiger charge is 2.30. The second-order valence-electron chi connectivity index (χ2n) is 5.93. The van der Waals surface area contributed by atoms with Crippen molar-refractivity contribution in [3.63, 3.8) is 0 Å². The molecule has 1 aromatic carbocycles. The second-order valence-corrected chi connectivity index (χ2v) is 7.66. The van der Waals surface area contributed by atoms with Crippen molar-refractivity contribution in [3.8, 4) is 5.75 Å². The van der Waals surface area contributed by atoms with Crippen LogP contribution in [0, 0.1) is 13.8 Å². The second kappa shape index (κ2) is 6.88. The summed E-state index contributed by atoms with van der Waals surface area (Å²) in [6, 6.07) is 3.61. The molecule has 0 radical (unpaired) electrons. The molecule has 1 aliphatic carbocycles. The Labute approximate surface area is 137 Å². The molecule has 0 aromatic heterocycles. The molecule has 6 nitrogen and oxygen atoms in total. The highest BCUT2D eigenvalue weighted by Crippen LogP contribution is 2.27. The van der Waals surface area contributed by atoms with E-state index in [0.29, 0.717) is 17.9 Å². The van der Waals surface area contributed by atoms with Gasteiger partial charge in [0.2, 0.25) is 15.9 Å². The predicted octanol–water partition coefficient (Wildman–Crippen LogP) is 1.60. The third-order valence-electron chi connectivity index (χ3n) is 4.02. The fourth-order valence-electron chi connectivity index (χ4n) is 2.63. The molecule has 0 aliphatic heterocycles. The summed E-state index contributed by atoms with van der Waals surface area (Å²) < 4.78 is 32.8. The van der Waals surface area contributed by atoms with Crippen molar-refractivity contribution in [2.24, 2.45) is 0 Å². The van der Waals surface area contributed by atoms with Gasteiger partial charge in [-0.25, -0.2) is 13.1 Å². The third kappa shape index (κ3) is 4.23. The van der Waals surface area contributed by atoms with Crippen molar-refractivity contribution in [2.75, 3.05) is 20.2 Å². The zero-order valence-corrected chi connectivity index (χ0v) is 14.9. The third-order valence-corrected chi connectivity index (χ3v) is 5.62. The lowest BCUT2D eigenvalue weighted by atomic mass is 10.1. The standard InChI is InChI=1S/C16H24N2O4S/c1-11-10-16(12(2)9-15(11)22-4)23(20,21)17-7-8-18(13(3)19)14-5-6-14/h9-10,14,17H,5-8H2,1-4H3. The minimum atomic E-state index is -3.61. The highest BCUT2D eigenvalue weighted by atomic mass is 32.2. The van der Waals surface area contributed by atoms with Crippen molar-refractivity contribution in [2.45, 2.75) is 44.6 Å². The number of nitrogens with zero attached hydrogens (tertiary/aromatic N) is 1. The average Bonchev–Trinajstić information content (AvgIpc) is 3.29. The van der Waals surface area contributed by atoms with E-state index in [4.69, 9.17) is 4.74 Å². The van der Waals surface area contributed by atoms with Crippen LogP contribution in [0.4, 0.5) is 0 Å². The van der Waals surface area contributed by atoms with Gasteiger partial charge >= 0.3 is 0 Å². The van der Waals surface area contributed by atoms with E-state index in [0.717, 1.165) is 18.4 Å². The average molecular weight is 340 g/mol. The molecular weight excluding hydrogens is 316 g/mol. The van der Waals surface area contributed by atoms with Crippen LogP contribution in [0.2, 0.25) is 0 Å². The number of hydrogen-bond donors (Lipinski definition) is 1. The van der Waals surface area contributed by atoms with Gasteiger partial charge in [0.15, 0.2) is 0 Å². The number of hydrogen-bond acceptors (Lipinski definition) is 4. The minimum Gasteiger partial charge on any atom is -0.496 e. The molecule has 1 N–H and O–H groups in total. The number of carbonyl (C=O) groups is 1. The van der Waals surface area contributed by atoms with E-state index in [1.165, 1.54) is 6.92 Å². The van der Waals surface area contributed by atoms with Crippen LogP contribution < -0.4 is 9.46 Å². The molecule has 0 saturated heterocycles. The van der Waals surface area contributed by atoms with Crippen molar-refractivity contribution in [1.29, 1.82) is 0 Å². The Morgan fingerprint density at radius 2 is 1.96 bits per heavy atom. The fourth-order valence-corrected chi connectivity index (χ4v) is 3.96.